The van der Waals surface area contributed by atoms with Crippen LogP contribution in [0.4, 0.5) is 13.2 Å². The molecule has 1 aliphatic carbocycles. The fourth-order valence-electron chi connectivity index (χ4n) is 5.58. The van der Waals surface area contributed by atoms with Gasteiger partial charge in [-0.2, -0.15) is 13.2 Å². The van der Waals surface area contributed by atoms with Crippen LogP contribution in [0, 0.1) is 5.92 Å². The number of carboxylic acid groups (broad SMARTS) is 1. The van der Waals surface area contributed by atoms with Crippen LogP contribution in [0.2, 0.25) is 0 Å². The van der Waals surface area contributed by atoms with Gasteiger partial charge in [-0.1, -0.05) is 66.7 Å². The molecule has 0 radical (unpaired) electrons. The normalized spacial score (nSPS) is 17.4. The molecule has 210 valence electrons. The molecule has 0 heterocycles. The number of halogens is 3. The Kier molecular flexibility index (Phi) is 9.56. The number of carbonyl (C=O) groups is 3. The lowest BCUT2D eigenvalue weighted by atomic mass is 9.77. The molecular formula is C33H33F3O4. The highest BCUT2D eigenvalue weighted by molar-refractivity contribution is 5.96. The maximum atomic E-state index is 13.3. The second-order valence-electron chi connectivity index (χ2n) is 10.7. The van der Waals surface area contributed by atoms with Crippen molar-refractivity contribution in [2.24, 2.45) is 5.92 Å². The summed E-state index contributed by atoms with van der Waals surface area (Å²) in [7, 11) is 0. The number of alkyl halides is 3. The minimum atomic E-state index is -4.47. The maximum absolute atomic E-state index is 13.3. The zero-order valence-electron chi connectivity index (χ0n) is 22.3. The van der Waals surface area contributed by atoms with Crippen molar-refractivity contribution in [3.8, 4) is 11.1 Å². The van der Waals surface area contributed by atoms with Gasteiger partial charge in [0.05, 0.1) is 5.56 Å². The van der Waals surface area contributed by atoms with E-state index in [4.69, 9.17) is 5.11 Å². The highest BCUT2D eigenvalue weighted by Crippen LogP contribution is 2.38. The SMILES string of the molecule is O=C(O)CC1CCC(c2ccc(CC(=O)CCCC(=O)c3ccc(-c4ccccc4C(F)(F)F)cc3)cc2)CC1. The van der Waals surface area contributed by atoms with Gasteiger partial charge in [0.1, 0.15) is 5.78 Å². The van der Waals surface area contributed by atoms with Crippen molar-refractivity contribution >= 4 is 17.5 Å². The van der Waals surface area contributed by atoms with E-state index in [-0.39, 0.29) is 42.3 Å². The van der Waals surface area contributed by atoms with E-state index < -0.39 is 17.7 Å². The first-order chi connectivity index (χ1) is 19.1. The summed E-state index contributed by atoms with van der Waals surface area (Å²) in [6.07, 6.45) is 0.753. The zero-order valence-corrected chi connectivity index (χ0v) is 22.3. The summed E-state index contributed by atoms with van der Waals surface area (Å²) in [5, 5.41) is 8.98. The van der Waals surface area contributed by atoms with Gasteiger partial charge in [-0.05, 0) is 72.3 Å². The lowest BCUT2D eigenvalue weighted by Gasteiger charge is -2.28. The topological polar surface area (TPSA) is 71.4 Å². The molecule has 3 aromatic rings. The van der Waals surface area contributed by atoms with E-state index in [1.54, 1.807) is 6.07 Å². The van der Waals surface area contributed by atoms with Gasteiger partial charge >= 0.3 is 12.1 Å². The van der Waals surface area contributed by atoms with Gasteiger partial charge in [-0.15, -0.1) is 0 Å². The number of ketones is 2. The Morgan fingerprint density at radius 3 is 2.08 bits per heavy atom. The first-order valence-corrected chi connectivity index (χ1v) is 13.7. The summed E-state index contributed by atoms with van der Waals surface area (Å²) in [5.74, 6) is -0.142. The van der Waals surface area contributed by atoms with Gasteiger partial charge in [-0.3, -0.25) is 14.4 Å². The molecule has 4 rings (SSSR count). The lowest BCUT2D eigenvalue weighted by molar-refractivity contribution is -0.138. The predicted octanol–water partition coefficient (Wildman–Crippen LogP) is 8.29. The third-order valence-corrected chi connectivity index (χ3v) is 7.77. The molecule has 3 aromatic carbocycles. The zero-order chi connectivity index (χ0) is 28.7. The average molecular weight is 551 g/mol. The van der Waals surface area contributed by atoms with Crippen molar-refractivity contribution in [2.45, 2.75) is 69.9 Å². The Labute approximate surface area is 232 Å². The number of benzene rings is 3. The van der Waals surface area contributed by atoms with Gasteiger partial charge in [0.15, 0.2) is 5.78 Å². The Balaban J connectivity index is 1.22. The molecule has 0 spiro atoms. The van der Waals surface area contributed by atoms with Crippen molar-refractivity contribution in [1.29, 1.82) is 0 Å². The number of hydrogen-bond donors (Lipinski definition) is 1. The molecule has 0 atom stereocenters. The molecule has 0 unspecified atom stereocenters. The van der Waals surface area contributed by atoms with E-state index in [1.807, 2.05) is 12.1 Å². The van der Waals surface area contributed by atoms with Crippen molar-refractivity contribution in [3.63, 3.8) is 0 Å². The Bertz CT molecular complexity index is 1320. The molecule has 0 bridgehead atoms. The number of hydrogen-bond acceptors (Lipinski definition) is 3. The standard InChI is InChI=1S/C33H33F3O4/c34-33(35,36)30-6-2-1-5-29(30)26-16-18-27(19-17-26)31(38)7-3-4-28(37)20-22-8-12-24(13-9-22)25-14-10-23(11-15-25)21-32(39)40/h1-2,5-6,8-9,12-13,16-19,23,25H,3-4,7,10-11,14-15,20-21H2,(H,39,40). The van der Waals surface area contributed by atoms with E-state index in [0.29, 0.717) is 29.9 Å². The van der Waals surface area contributed by atoms with Gasteiger partial charge < -0.3 is 5.11 Å². The van der Waals surface area contributed by atoms with Crippen molar-refractivity contribution in [3.05, 3.63) is 95.1 Å². The number of rotatable bonds is 11. The molecular weight excluding hydrogens is 517 g/mol. The van der Waals surface area contributed by atoms with Crippen LogP contribution in [0.5, 0.6) is 0 Å². The lowest BCUT2D eigenvalue weighted by Crippen LogP contribution is -2.16. The second-order valence-corrected chi connectivity index (χ2v) is 10.7. The summed E-state index contributed by atoms with van der Waals surface area (Å²) < 4.78 is 40.0. The summed E-state index contributed by atoms with van der Waals surface area (Å²) >= 11 is 0. The number of carboxylic acids is 1. The average Bonchev–Trinajstić information content (AvgIpc) is 2.93. The quantitative estimate of drug-likeness (QED) is 0.244. The fourth-order valence-corrected chi connectivity index (χ4v) is 5.58. The summed E-state index contributed by atoms with van der Waals surface area (Å²) in [4.78, 5) is 36.0. The van der Waals surface area contributed by atoms with E-state index >= 15 is 0 Å². The molecule has 4 nitrogen and oxygen atoms in total. The van der Waals surface area contributed by atoms with Crippen molar-refractivity contribution in [2.75, 3.05) is 0 Å². The highest BCUT2D eigenvalue weighted by atomic mass is 19.4. The molecule has 1 saturated carbocycles. The molecule has 7 heteroatoms. The van der Waals surface area contributed by atoms with E-state index in [2.05, 4.69) is 12.1 Å². The monoisotopic (exact) mass is 550 g/mol. The molecule has 1 N–H and O–H groups in total. The largest absolute Gasteiger partial charge is 0.481 e. The smallest absolute Gasteiger partial charge is 0.417 e. The third kappa shape index (κ3) is 7.90. The van der Waals surface area contributed by atoms with Crippen molar-refractivity contribution in [1.82, 2.24) is 0 Å². The predicted molar refractivity (Wildman–Crippen MR) is 147 cm³/mol. The van der Waals surface area contributed by atoms with Crippen LogP contribution in [0.3, 0.4) is 0 Å². The summed E-state index contributed by atoms with van der Waals surface area (Å²) in [6.45, 7) is 0. The first kappa shape index (κ1) is 29.2. The van der Waals surface area contributed by atoms with Gasteiger partial charge in [0, 0.05) is 31.2 Å². The molecule has 0 aliphatic heterocycles. The number of Topliss-reactive ketones (excluding diaryl/α,β-unsaturated/α-hetero) is 2. The van der Waals surface area contributed by atoms with Gasteiger partial charge in [-0.25, -0.2) is 0 Å². The van der Waals surface area contributed by atoms with Crippen molar-refractivity contribution < 1.29 is 32.7 Å². The number of carbonyl (C=O) groups excluding carboxylic acids is 2. The molecule has 0 amide bonds. The fraction of sp³-hybridized carbons (Fsp3) is 0.364. The van der Waals surface area contributed by atoms with Crippen LogP contribution in [0.15, 0.2) is 72.8 Å². The van der Waals surface area contributed by atoms with E-state index in [0.717, 1.165) is 37.3 Å². The molecule has 0 saturated heterocycles. The molecule has 0 aromatic heterocycles. The van der Waals surface area contributed by atoms with Crippen LogP contribution >= 0.6 is 0 Å². The minimum absolute atomic E-state index is 0.0498. The van der Waals surface area contributed by atoms with Gasteiger partial charge in [0.2, 0.25) is 0 Å². The van der Waals surface area contributed by atoms with Crippen LogP contribution < -0.4 is 0 Å². The molecule has 40 heavy (non-hydrogen) atoms. The van der Waals surface area contributed by atoms with Crippen LogP contribution in [-0.2, 0) is 22.2 Å². The molecule has 1 fully saturated rings. The highest BCUT2D eigenvalue weighted by Gasteiger charge is 2.33. The Morgan fingerprint density at radius 1 is 0.800 bits per heavy atom. The summed E-state index contributed by atoms with van der Waals surface area (Å²) in [5.41, 5.74) is 2.29. The number of aliphatic carboxylic acids is 1. The van der Waals surface area contributed by atoms with Crippen LogP contribution in [0.1, 0.15) is 84.3 Å². The minimum Gasteiger partial charge on any atom is -0.481 e. The summed E-state index contributed by atoms with van der Waals surface area (Å²) in [6, 6.07) is 19.5. The Morgan fingerprint density at radius 2 is 1.45 bits per heavy atom. The second kappa shape index (κ2) is 13.1. The van der Waals surface area contributed by atoms with E-state index in [9.17, 15) is 27.6 Å². The third-order valence-electron chi connectivity index (χ3n) is 7.77. The van der Waals surface area contributed by atoms with Gasteiger partial charge in [0.25, 0.3) is 0 Å². The maximum Gasteiger partial charge on any atom is 0.417 e. The van der Waals surface area contributed by atoms with Crippen LogP contribution in [0.25, 0.3) is 11.1 Å². The van der Waals surface area contributed by atoms with E-state index in [1.165, 1.54) is 42.0 Å². The first-order valence-electron chi connectivity index (χ1n) is 13.7. The Hall–Kier alpha value is -3.74. The molecule has 1 aliphatic rings. The van der Waals surface area contributed by atoms with Crippen LogP contribution in [-0.4, -0.2) is 22.6 Å².